The molecule has 82 valence electrons. The molecule has 0 aliphatic heterocycles. The molecule has 0 radical (unpaired) electrons. The van der Waals surface area contributed by atoms with Crippen LogP contribution in [-0.2, 0) is 9.53 Å². The van der Waals surface area contributed by atoms with E-state index in [0.29, 0.717) is 0 Å². The minimum absolute atomic E-state index is 0.233. The lowest BCUT2D eigenvalue weighted by Gasteiger charge is -2.22. The van der Waals surface area contributed by atoms with Crippen LogP contribution in [0, 0.1) is 0 Å². The van der Waals surface area contributed by atoms with Crippen molar-refractivity contribution in [2.75, 3.05) is 7.11 Å². The fraction of sp³-hybridized carbons (Fsp3) is 0.625. The van der Waals surface area contributed by atoms with E-state index in [-0.39, 0.29) is 12.1 Å². The van der Waals surface area contributed by atoms with Crippen LogP contribution in [0.15, 0.2) is 12.7 Å². The minimum atomic E-state index is -1.96. The smallest absolute Gasteiger partial charge is 0.272 e. The quantitative estimate of drug-likeness (QED) is 0.621. The van der Waals surface area contributed by atoms with E-state index in [0.717, 1.165) is 0 Å². The highest BCUT2D eigenvalue weighted by atomic mass is 35.6. The zero-order chi connectivity index (χ0) is 11.4. The number of methoxy groups -OCH3 is 1. The predicted molar refractivity (Wildman–Crippen MR) is 58.9 cm³/mol. The lowest BCUT2D eigenvalue weighted by Crippen LogP contribution is -2.46. The summed E-state index contributed by atoms with van der Waals surface area (Å²) in [6.45, 7) is 5.31. The zero-order valence-corrected chi connectivity index (χ0v) is 10.2. The molecule has 0 fully saturated rings. The number of hydrogen-bond donors (Lipinski definition) is 1. The highest BCUT2D eigenvalue weighted by molar-refractivity contribution is 6.76. The van der Waals surface area contributed by atoms with Crippen LogP contribution in [0.2, 0.25) is 0 Å². The molecule has 14 heavy (non-hydrogen) atoms. The van der Waals surface area contributed by atoms with E-state index in [9.17, 15) is 4.79 Å². The molecule has 0 aliphatic carbocycles. The van der Waals surface area contributed by atoms with E-state index in [1.165, 1.54) is 13.2 Å². The molecule has 3 nitrogen and oxygen atoms in total. The third kappa shape index (κ3) is 4.51. The number of amides is 1. The average Bonchev–Trinajstić information content (AvgIpc) is 2.10. The van der Waals surface area contributed by atoms with Crippen molar-refractivity contribution in [3.63, 3.8) is 0 Å². The fourth-order valence-electron chi connectivity index (χ4n) is 0.748. The number of carbonyl (C=O) groups is 1. The van der Waals surface area contributed by atoms with Gasteiger partial charge in [0.1, 0.15) is 0 Å². The standard InChI is InChI=1S/C8H12Cl3NO2/c1-4-6(5(2)14-3)12-7(13)8(9,10)11/h4-6H,1H2,2-3H3,(H,12,13)/t5-,6+/m0/s1. The molecule has 0 bridgehead atoms. The second-order valence-corrected chi connectivity index (χ2v) is 4.95. The molecule has 0 rings (SSSR count). The van der Waals surface area contributed by atoms with Crippen molar-refractivity contribution in [3.05, 3.63) is 12.7 Å². The summed E-state index contributed by atoms with van der Waals surface area (Å²) in [7, 11) is 1.52. The van der Waals surface area contributed by atoms with Crippen molar-refractivity contribution in [2.24, 2.45) is 0 Å². The van der Waals surface area contributed by atoms with Crippen molar-refractivity contribution in [3.8, 4) is 0 Å². The minimum Gasteiger partial charge on any atom is -0.379 e. The van der Waals surface area contributed by atoms with E-state index < -0.39 is 9.70 Å². The van der Waals surface area contributed by atoms with Crippen LogP contribution < -0.4 is 5.32 Å². The molecular weight excluding hydrogens is 248 g/mol. The van der Waals surface area contributed by atoms with Gasteiger partial charge >= 0.3 is 0 Å². The Kier molecular flexibility index (Phi) is 5.83. The maximum atomic E-state index is 11.2. The Labute approximate surface area is 98.3 Å². The predicted octanol–water partition coefficient (Wildman–Crippen LogP) is 2.06. The molecule has 1 N–H and O–H groups in total. The van der Waals surface area contributed by atoms with Crippen molar-refractivity contribution >= 4 is 40.7 Å². The monoisotopic (exact) mass is 259 g/mol. The van der Waals surface area contributed by atoms with Gasteiger partial charge in [0, 0.05) is 7.11 Å². The number of rotatable bonds is 4. The van der Waals surface area contributed by atoms with E-state index in [4.69, 9.17) is 39.5 Å². The van der Waals surface area contributed by atoms with Gasteiger partial charge in [-0.2, -0.15) is 0 Å². The van der Waals surface area contributed by atoms with Gasteiger partial charge in [-0.15, -0.1) is 6.58 Å². The molecule has 0 aromatic carbocycles. The molecule has 0 aromatic heterocycles. The second-order valence-electron chi connectivity index (χ2n) is 2.67. The van der Waals surface area contributed by atoms with E-state index in [1.807, 2.05) is 0 Å². The van der Waals surface area contributed by atoms with Crippen LogP contribution in [0.25, 0.3) is 0 Å². The lowest BCUT2D eigenvalue weighted by atomic mass is 10.2. The number of halogens is 3. The van der Waals surface area contributed by atoms with Gasteiger partial charge in [0.2, 0.25) is 0 Å². The fourth-order valence-corrected chi connectivity index (χ4v) is 0.911. The molecular formula is C8H12Cl3NO2. The average molecular weight is 261 g/mol. The summed E-state index contributed by atoms with van der Waals surface area (Å²) in [5.74, 6) is -0.698. The summed E-state index contributed by atoms with van der Waals surface area (Å²) in [4.78, 5) is 11.2. The van der Waals surface area contributed by atoms with Crippen LogP contribution in [0.5, 0.6) is 0 Å². The number of ether oxygens (including phenoxy) is 1. The summed E-state index contributed by atoms with van der Waals surface area (Å²) in [5.41, 5.74) is 0. The Morgan fingerprint density at radius 2 is 2.07 bits per heavy atom. The first kappa shape index (κ1) is 14.0. The highest BCUT2D eigenvalue weighted by Gasteiger charge is 2.32. The van der Waals surface area contributed by atoms with E-state index in [1.54, 1.807) is 6.92 Å². The van der Waals surface area contributed by atoms with Crippen LogP contribution in [0.3, 0.4) is 0 Å². The summed E-state index contributed by atoms with van der Waals surface area (Å²) in [6, 6.07) is -0.386. The van der Waals surface area contributed by atoms with E-state index in [2.05, 4.69) is 11.9 Å². The number of nitrogens with one attached hydrogen (secondary N) is 1. The maximum absolute atomic E-state index is 11.2. The van der Waals surface area contributed by atoms with Crippen LogP contribution in [0.4, 0.5) is 0 Å². The molecule has 2 atom stereocenters. The molecule has 0 spiro atoms. The summed E-state index contributed by atoms with van der Waals surface area (Å²) in [6.07, 6.45) is 1.28. The van der Waals surface area contributed by atoms with Gasteiger partial charge in [-0.1, -0.05) is 40.9 Å². The third-order valence-electron chi connectivity index (χ3n) is 1.69. The van der Waals surface area contributed by atoms with E-state index >= 15 is 0 Å². The summed E-state index contributed by atoms with van der Waals surface area (Å²) < 4.78 is 3.04. The van der Waals surface area contributed by atoms with Crippen molar-refractivity contribution < 1.29 is 9.53 Å². The van der Waals surface area contributed by atoms with Crippen molar-refractivity contribution in [1.82, 2.24) is 5.32 Å². The Balaban J connectivity index is 4.33. The van der Waals surface area contributed by atoms with Crippen LogP contribution >= 0.6 is 34.8 Å². The van der Waals surface area contributed by atoms with Gasteiger partial charge < -0.3 is 10.1 Å². The molecule has 0 heterocycles. The van der Waals surface area contributed by atoms with Gasteiger partial charge in [0.25, 0.3) is 9.70 Å². The third-order valence-corrected chi connectivity index (χ3v) is 2.20. The second kappa shape index (κ2) is 5.81. The summed E-state index contributed by atoms with van der Waals surface area (Å²) >= 11 is 16.1. The molecule has 1 amide bonds. The molecule has 6 heteroatoms. The topological polar surface area (TPSA) is 38.3 Å². The largest absolute Gasteiger partial charge is 0.379 e. The van der Waals surface area contributed by atoms with Gasteiger partial charge in [0.05, 0.1) is 12.1 Å². The Bertz CT molecular complexity index is 215. The van der Waals surface area contributed by atoms with Gasteiger partial charge in [0.15, 0.2) is 0 Å². The normalized spacial score (nSPS) is 15.8. The number of carbonyl (C=O) groups excluding carboxylic acids is 1. The first-order valence-electron chi connectivity index (χ1n) is 3.86. The zero-order valence-electron chi connectivity index (χ0n) is 7.89. The lowest BCUT2D eigenvalue weighted by molar-refractivity contribution is -0.121. The Morgan fingerprint density at radius 1 is 1.57 bits per heavy atom. The molecule has 0 aromatic rings. The van der Waals surface area contributed by atoms with Gasteiger partial charge in [-0.3, -0.25) is 4.79 Å². The first-order chi connectivity index (χ1) is 6.32. The molecule has 0 unspecified atom stereocenters. The highest BCUT2D eigenvalue weighted by Crippen LogP contribution is 2.26. The Morgan fingerprint density at radius 3 is 2.36 bits per heavy atom. The van der Waals surface area contributed by atoms with Gasteiger partial charge in [-0.25, -0.2) is 0 Å². The Hall–Kier alpha value is 0.0400. The molecule has 0 aliphatic rings. The van der Waals surface area contributed by atoms with Crippen LogP contribution in [0.1, 0.15) is 6.92 Å². The SMILES string of the molecule is C=C[C@@H](NC(=O)C(Cl)(Cl)Cl)[C@H](C)OC. The number of alkyl halides is 3. The van der Waals surface area contributed by atoms with Crippen molar-refractivity contribution in [1.29, 1.82) is 0 Å². The number of hydrogen-bond acceptors (Lipinski definition) is 2. The van der Waals surface area contributed by atoms with Gasteiger partial charge in [-0.05, 0) is 6.92 Å². The van der Waals surface area contributed by atoms with Crippen molar-refractivity contribution in [2.45, 2.75) is 22.9 Å². The summed E-state index contributed by atoms with van der Waals surface area (Å²) in [5, 5.41) is 2.48. The first-order valence-corrected chi connectivity index (χ1v) is 4.99. The maximum Gasteiger partial charge on any atom is 0.272 e. The molecule has 0 saturated carbocycles. The molecule has 0 saturated heterocycles. The van der Waals surface area contributed by atoms with Crippen LogP contribution in [-0.4, -0.2) is 29.0 Å².